The second-order valence-corrected chi connectivity index (χ2v) is 5.17. The quantitative estimate of drug-likeness (QED) is 0.844. The van der Waals surface area contributed by atoms with E-state index in [-0.39, 0.29) is 19.1 Å². The zero-order valence-corrected chi connectivity index (χ0v) is 11.8. The van der Waals surface area contributed by atoms with Crippen molar-refractivity contribution < 1.29 is 19.4 Å². The third kappa shape index (κ3) is 3.84. The van der Waals surface area contributed by atoms with Gasteiger partial charge in [0.05, 0.1) is 5.92 Å². The van der Waals surface area contributed by atoms with Gasteiger partial charge in [0.25, 0.3) is 0 Å². The molecule has 1 aliphatic heterocycles. The highest BCUT2D eigenvalue weighted by Gasteiger charge is 2.40. The lowest BCUT2D eigenvalue weighted by Crippen LogP contribution is -2.30. The lowest BCUT2D eigenvalue weighted by molar-refractivity contribution is -0.142. The number of nitrogens with zero attached hydrogens (tertiary/aromatic N) is 1. The Kier molecular flexibility index (Phi) is 4.98. The van der Waals surface area contributed by atoms with Crippen molar-refractivity contribution in [2.45, 2.75) is 6.42 Å². The van der Waals surface area contributed by atoms with E-state index in [1.54, 1.807) is 0 Å². The maximum absolute atomic E-state index is 11.8. The van der Waals surface area contributed by atoms with Crippen LogP contribution in [0.25, 0.3) is 0 Å². The van der Waals surface area contributed by atoms with Crippen LogP contribution in [0.2, 0.25) is 0 Å². The van der Waals surface area contributed by atoms with Gasteiger partial charge >= 0.3 is 12.1 Å². The van der Waals surface area contributed by atoms with Gasteiger partial charge in [-0.15, -0.1) is 0 Å². The van der Waals surface area contributed by atoms with E-state index >= 15 is 0 Å². The molecule has 0 unspecified atom stereocenters. The fourth-order valence-corrected chi connectivity index (χ4v) is 2.65. The Labute approximate surface area is 123 Å². The van der Waals surface area contributed by atoms with Crippen molar-refractivity contribution in [3.63, 3.8) is 0 Å². The molecule has 0 radical (unpaired) electrons. The molecule has 1 aliphatic rings. The monoisotopic (exact) mass is 289 g/mol. The number of carboxylic acid groups (broad SMARTS) is 1. The van der Waals surface area contributed by atoms with Crippen molar-refractivity contribution in [1.82, 2.24) is 4.90 Å². The minimum absolute atomic E-state index is 0.0961. The van der Waals surface area contributed by atoms with Crippen LogP contribution in [0.4, 0.5) is 4.79 Å². The summed E-state index contributed by atoms with van der Waals surface area (Å²) < 4.78 is 4.98. The number of amides is 1. The Morgan fingerprint density at radius 2 is 2.05 bits per heavy atom. The number of rotatable bonds is 5. The predicted octanol–water partition coefficient (Wildman–Crippen LogP) is 2.18. The van der Waals surface area contributed by atoms with E-state index in [1.165, 1.54) is 11.0 Å². The molecule has 1 aromatic carbocycles. The minimum atomic E-state index is -0.866. The molecule has 1 N–H and O–H groups in total. The Hall–Kier alpha value is -2.30. The van der Waals surface area contributed by atoms with Gasteiger partial charge in [0.1, 0.15) is 6.61 Å². The Morgan fingerprint density at radius 1 is 1.33 bits per heavy atom. The van der Waals surface area contributed by atoms with Crippen LogP contribution in [-0.4, -0.2) is 41.8 Å². The van der Waals surface area contributed by atoms with Gasteiger partial charge in [0.2, 0.25) is 0 Å². The van der Waals surface area contributed by atoms with Crippen molar-refractivity contribution in [3.05, 3.63) is 48.6 Å². The van der Waals surface area contributed by atoms with E-state index in [0.29, 0.717) is 13.0 Å². The fraction of sp³-hybridized carbons (Fsp3) is 0.375. The Bertz CT molecular complexity index is 514. The van der Waals surface area contributed by atoms with Crippen molar-refractivity contribution in [1.29, 1.82) is 0 Å². The molecule has 1 heterocycles. The van der Waals surface area contributed by atoms with Crippen LogP contribution in [0.1, 0.15) is 5.56 Å². The molecule has 0 spiro atoms. The topological polar surface area (TPSA) is 66.8 Å². The van der Waals surface area contributed by atoms with Crippen LogP contribution < -0.4 is 0 Å². The molecular formula is C16H19NO4. The third-order valence-corrected chi connectivity index (χ3v) is 3.68. The number of carbonyl (C=O) groups is 2. The van der Waals surface area contributed by atoms with Crippen molar-refractivity contribution in [2.24, 2.45) is 11.8 Å². The highest BCUT2D eigenvalue weighted by Crippen LogP contribution is 2.27. The van der Waals surface area contributed by atoms with Crippen molar-refractivity contribution in [3.8, 4) is 0 Å². The van der Waals surface area contributed by atoms with Gasteiger partial charge in [-0.3, -0.25) is 4.79 Å². The molecule has 2 atom stereocenters. The maximum Gasteiger partial charge on any atom is 0.410 e. The average Bonchev–Trinajstić information content (AvgIpc) is 2.90. The van der Waals surface area contributed by atoms with Crippen molar-refractivity contribution in [2.75, 3.05) is 19.7 Å². The molecule has 112 valence electrons. The van der Waals surface area contributed by atoms with E-state index < -0.39 is 18.0 Å². The first-order valence-electron chi connectivity index (χ1n) is 6.91. The average molecular weight is 289 g/mol. The zero-order valence-electron chi connectivity index (χ0n) is 11.8. The zero-order chi connectivity index (χ0) is 15.2. The third-order valence-electron chi connectivity index (χ3n) is 3.68. The highest BCUT2D eigenvalue weighted by atomic mass is 16.6. The van der Waals surface area contributed by atoms with Gasteiger partial charge in [-0.2, -0.15) is 0 Å². The van der Waals surface area contributed by atoms with Crippen LogP contribution in [-0.2, 0) is 16.0 Å². The smallest absolute Gasteiger partial charge is 0.410 e. The van der Waals surface area contributed by atoms with E-state index in [9.17, 15) is 14.7 Å². The fourth-order valence-electron chi connectivity index (χ4n) is 2.65. The summed E-state index contributed by atoms with van der Waals surface area (Å²) in [6.07, 6.45) is 1.66. The standard InChI is InChI=1S/C16H19NO4/c1-2-8-21-16(20)17-10-13(14(11-17)15(18)19)9-12-6-4-3-5-7-12/h2-7,13-14H,1,8-11H2,(H,18,19)/t13-,14-/m1/s1. The van der Waals surface area contributed by atoms with Gasteiger partial charge in [-0.25, -0.2) is 4.79 Å². The summed E-state index contributed by atoms with van der Waals surface area (Å²) in [7, 11) is 0. The number of carbonyl (C=O) groups excluding carboxylic acids is 1. The normalized spacial score (nSPS) is 21.0. The van der Waals surface area contributed by atoms with Gasteiger partial charge in [0.15, 0.2) is 0 Å². The second-order valence-electron chi connectivity index (χ2n) is 5.17. The second kappa shape index (κ2) is 6.92. The lowest BCUT2D eigenvalue weighted by atomic mass is 9.90. The maximum atomic E-state index is 11.8. The molecule has 5 heteroatoms. The van der Waals surface area contributed by atoms with E-state index in [1.807, 2.05) is 30.3 Å². The number of benzene rings is 1. The summed E-state index contributed by atoms with van der Waals surface area (Å²) in [4.78, 5) is 24.7. The van der Waals surface area contributed by atoms with Crippen LogP contribution in [0.15, 0.2) is 43.0 Å². The molecular weight excluding hydrogens is 270 g/mol. The Balaban J connectivity index is 2.03. The number of hydrogen-bond donors (Lipinski definition) is 1. The Morgan fingerprint density at radius 3 is 2.67 bits per heavy atom. The van der Waals surface area contributed by atoms with Gasteiger partial charge < -0.3 is 14.7 Å². The molecule has 0 bridgehead atoms. The molecule has 5 nitrogen and oxygen atoms in total. The van der Waals surface area contributed by atoms with Gasteiger partial charge in [0, 0.05) is 13.1 Å². The predicted molar refractivity (Wildman–Crippen MR) is 77.9 cm³/mol. The molecule has 1 aromatic rings. The summed E-state index contributed by atoms with van der Waals surface area (Å²) in [6, 6.07) is 9.72. The lowest BCUT2D eigenvalue weighted by Gasteiger charge is -2.15. The summed E-state index contributed by atoms with van der Waals surface area (Å²) in [6.45, 7) is 4.22. The molecule has 1 saturated heterocycles. The highest BCUT2D eigenvalue weighted by molar-refractivity contribution is 5.74. The van der Waals surface area contributed by atoms with E-state index in [0.717, 1.165) is 5.56 Å². The van der Waals surface area contributed by atoms with E-state index in [2.05, 4.69) is 6.58 Å². The molecule has 1 fully saturated rings. The van der Waals surface area contributed by atoms with E-state index in [4.69, 9.17) is 4.74 Å². The number of likely N-dealkylation sites (tertiary alicyclic amines) is 1. The summed E-state index contributed by atoms with van der Waals surface area (Å²) in [5.41, 5.74) is 1.08. The number of hydrogen-bond acceptors (Lipinski definition) is 3. The van der Waals surface area contributed by atoms with Crippen molar-refractivity contribution >= 4 is 12.1 Å². The molecule has 2 rings (SSSR count). The summed E-state index contributed by atoms with van der Waals surface area (Å²) in [5.74, 6) is -1.52. The number of ether oxygens (including phenoxy) is 1. The first-order valence-corrected chi connectivity index (χ1v) is 6.91. The van der Waals surface area contributed by atoms with Gasteiger partial charge in [-0.1, -0.05) is 43.0 Å². The molecule has 1 amide bonds. The number of aliphatic carboxylic acids is 1. The summed E-state index contributed by atoms with van der Waals surface area (Å²) >= 11 is 0. The van der Waals surface area contributed by atoms with Crippen LogP contribution in [0, 0.1) is 11.8 Å². The number of carboxylic acids is 1. The minimum Gasteiger partial charge on any atom is -0.481 e. The van der Waals surface area contributed by atoms with Gasteiger partial charge in [-0.05, 0) is 17.9 Å². The largest absolute Gasteiger partial charge is 0.481 e. The van der Waals surface area contributed by atoms with Crippen LogP contribution in [0.3, 0.4) is 0 Å². The van der Waals surface area contributed by atoms with Crippen LogP contribution in [0.5, 0.6) is 0 Å². The van der Waals surface area contributed by atoms with Crippen LogP contribution >= 0.6 is 0 Å². The first-order chi connectivity index (χ1) is 10.1. The summed E-state index contributed by atoms with van der Waals surface area (Å²) in [5, 5.41) is 9.34. The molecule has 0 aliphatic carbocycles. The molecule has 0 saturated carbocycles. The molecule has 0 aromatic heterocycles. The SMILES string of the molecule is C=CCOC(=O)N1C[C@@H](Cc2ccccc2)[C@H](C(=O)O)C1. The molecule has 21 heavy (non-hydrogen) atoms. The first kappa shape index (κ1) is 15.1.